The first-order valence-corrected chi connectivity index (χ1v) is 5.99. The van der Waals surface area contributed by atoms with Crippen LogP contribution in [0.2, 0.25) is 0 Å². The van der Waals surface area contributed by atoms with E-state index in [9.17, 15) is 9.59 Å². The molecule has 1 aromatic heterocycles. The van der Waals surface area contributed by atoms with Gasteiger partial charge in [0.15, 0.2) is 5.03 Å². The van der Waals surface area contributed by atoms with Crippen molar-refractivity contribution in [1.29, 1.82) is 0 Å². The van der Waals surface area contributed by atoms with Crippen molar-refractivity contribution in [3.63, 3.8) is 0 Å². The Morgan fingerprint density at radius 3 is 2.67 bits per heavy atom. The summed E-state index contributed by atoms with van der Waals surface area (Å²) >= 11 is 1.24. The molecule has 2 rings (SSSR count). The molecule has 1 heterocycles. The van der Waals surface area contributed by atoms with Gasteiger partial charge in [-0.05, 0) is 17.7 Å². The van der Waals surface area contributed by atoms with Crippen LogP contribution in [-0.4, -0.2) is 21.0 Å². The number of nitrogens with zero attached hydrogens (tertiary/aromatic N) is 1. The average Bonchev–Trinajstić information content (AvgIpc) is 2.34. The monoisotopic (exact) mass is 262 g/mol. The predicted molar refractivity (Wildman–Crippen MR) is 66.8 cm³/mol. The Kier molecular flexibility index (Phi) is 3.78. The van der Waals surface area contributed by atoms with E-state index in [1.807, 2.05) is 0 Å². The lowest BCUT2D eigenvalue weighted by Crippen LogP contribution is -2.08. The largest absolute Gasteiger partial charge is 0.481 e. The Balaban J connectivity index is 2.14. The van der Waals surface area contributed by atoms with E-state index in [0.717, 1.165) is 10.5 Å². The quantitative estimate of drug-likeness (QED) is 0.873. The van der Waals surface area contributed by atoms with Crippen molar-refractivity contribution in [1.82, 2.24) is 9.97 Å². The van der Waals surface area contributed by atoms with Crippen LogP contribution in [0.25, 0.3) is 0 Å². The lowest BCUT2D eigenvalue weighted by atomic mass is 10.2. The van der Waals surface area contributed by atoms with Gasteiger partial charge in [0, 0.05) is 17.3 Å². The van der Waals surface area contributed by atoms with Gasteiger partial charge in [-0.25, -0.2) is 4.98 Å². The average molecular weight is 262 g/mol. The fraction of sp³-hybridized carbons (Fsp3) is 0.0833. The Bertz CT molecular complexity index is 607. The first-order valence-electron chi connectivity index (χ1n) is 5.17. The molecule has 0 aliphatic carbocycles. The molecule has 1 aromatic carbocycles. The van der Waals surface area contributed by atoms with Gasteiger partial charge >= 0.3 is 5.97 Å². The second-order valence-electron chi connectivity index (χ2n) is 3.54. The molecule has 5 nitrogen and oxygen atoms in total. The fourth-order valence-corrected chi connectivity index (χ4v) is 2.13. The number of aromatic amines is 1. The molecule has 0 fully saturated rings. The molecule has 2 N–H and O–H groups in total. The molecule has 18 heavy (non-hydrogen) atoms. The molecule has 0 radical (unpaired) electrons. The van der Waals surface area contributed by atoms with Gasteiger partial charge < -0.3 is 10.1 Å². The van der Waals surface area contributed by atoms with Gasteiger partial charge in [0.2, 0.25) is 0 Å². The summed E-state index contributed by atoms with van der Waals surface area (Å²) < 4.78 is 0. The predicted octanol–water partition coefficient (Wildman–Crippen LogP) is 1.55. The lowest BCUT2D eigenvalue weighted by Gasteiger charge is -2.01. The van der Waals surface area contributed by atoms with Crippen LogP contribution in [0.1, 0.15) is 5.56 Å². The minimum absolute atomic E-state index is 0.00484. The molecule has 0 spiro atoms. The molecule has 0 aliphatic heterocycles. The van der Waals surface area contributed by atoms with Crippen molar-refractivity contribution >= 4 is 17.7 Å². The number of hydrogen-bond donors (Lipinski definition) is 2. The standard InChI is InChI=1S/C12H10N2O3S/c15-10(16)7-8-1-3-9(4-2-8)18-12-11(17)13-5-6-14-12/h1-6H,7H2,(H,13,17)(H,15,16). The van der Waals surface area contributed by atoms with Gasteiger partial charge in [0.25, 0.3) is 5.56 Å². The zero-order valence-electron chi connectivity index (χ0n) is 9.29. The molecule has 0 atom stereocenters. The topological polar surface area (TPSA) is 83.0 Å². The molecule has 6 heteroatoms. The van der Waals surface area contributed by atoms with Gasteiger partial charge in [-0.15, -0.1) is 0 Å². The first kappa shape index (κ1) is 12.4. The summed E-state index contributed by atoms with van der Waals surface area (Å²) in [6.45, 7) is 0. The van der Waals surface area contributed by atoms with E-state index in [1.54, 1.807) is 24.3 Å². The second kappa shape index (κ2) is 5.50. The number of aliphatic carboxylic acids is 1. The van der Waals surface area contributed by atoms with E-state index in [4.69, 9.17) is 5.11 Å². The van der Waals surface area contributed by atoms with Crippen molar-refractivity contribution in [2.45, 2.75) is 16.3 Å². The van der Waals surface area contributed by atoms with Crippen LogP contribution in [-0.2, 0) is 11.2 Å². The summed E-state index contributed by atoms with van der Waals surface area (Å²) in [5, 5.41) is 9.01. The van der Waals surface area contributed by atoms with Crippen LogP contribution in [0.15, 0.2) is 51.4 Å². The molecule has 0 unspecified atom stereocenters. The SMILES string of the molecule is O=C(O)Cc1ccc(Sc2ncc[nH]c2=O)cc1. The van der Waals surface area contributed by atoms with E-state index >= 15 is 0 Å². The summed E-state index contributed by atoms with van der Waals surface area (Å²) in [4.78, 5) is 29.3. The number of hydrogen-bond acceptors (Lipinski definition) is 4. The summed E-state index contributed by atoms with van der Waals surface area (Å²) in [7, 11) is 0. The highest BCUT2D eigenvalue weighted by molar-refractivity contribution is 7.99. The van der Waals surface area contributed by atoms with Crippen LogP contribution in [0, 0.1) is 0 Å². The maximum Gasteiger partial charge on any atom is 0.307 e. The number of carboxylic acids is 1. The minimum Gasteiger partial charge on any atom is -0.481 e. The maximum absolute atomic E-state index is 11.4. The van der Waals surface area contributed by atoms with Gasteiger partial charge in [0.1, 0.15) is 0 Å². The smallest absolute Gasteiger partial charge is 0.307 e. The van der Waals surface area contributed by atoms with E-state index < -0.39 is 5.97 Å². The number of nitrogens with one attached hydrogen (secondary N) is 1. The number of benzene rings is 1. The molecule has 92 valence electrons. The number of carboxylic acid groups (broad SMARTS) is 1. The van der Waals surface area contributed by atoms with E-state index in [-0.39, 0.29) is 12.0 Å². The van der Waals surface area contributed by atoms with Crippen molar-refractivity contribution in [2.75, 3.05) is 0 Å². The molecule has 0 saturated heterocycles. The number of H-pyrrole nitrogens is 1. The Morgan fingerprint density at radius 1 is 1.33 bits per heavy atom. The molecule has 0 bridgehead atoms. The van der Waals surface area contributed by atoms with E-state index in [0.29, 0.717) is 5.03 Å². The molecule has 0 saturated carbocycles. The fourth-order valence-electron chi connectivity index (χ4n) is 1.37. The normalized spacial score (nSPS) is 10.2. The lowest BCUT2D eigenvalue weighted by molar-refractivity contribution is -0.136. The Morgan fingerprint density at radius 2 is 2.06 bits per heavy atom. The second-order valence-corrected chi connectivity index (χ2v) is 4.60. The van der Waals surface area contributed by atoms with Gasteiger partial charge in [-0.1, -0.05) is 23.9 Å². The highest BCUT2D eigenvalue weighted by Crippen LogP contribution is 2.23. The third kappa shape index (κ3) is 3.21. The molecule has 2 aromatic rings. The van der Waals surface area contributed by atoms with Gasteiger partial charge in [-0.3, -0.25) is 9.59 Å². The Labute approximate surface area is 107 Å². The summed E-state index contributed by atoms with van der Waals surface area (Å²) in [5.41, 5.74) is 0.485. The van der Waals surface area contributed by atoms with Gasteiger partial charge in [-0.2, -0.15) is 0 Å². The molecule has 0 aliphatic rings. The van der Waals surface area contributed by atoms with Crippen molar-refractivity contribution in [3.05, 3.63) is 52.6 Å². The first-order chi connectivity index (χ1) is 8.65. The van der Waals surface area contributed by atoms with Crippen molar-refractivity contribution in [3.8, 4) is 0 Å². The minimum atomic E-state index is -0.864. The van der Waals surface area contributed by atoms with Crippen LogP contribution in [0.3, 0.4) is 0 Å². The summed E-state index contributed by atoms with van der Waals surface area (Å²) in [6.07, 6.45) is 2.99. The summed E-state index contributed by atoms with van der Waals surface area (Å²) in [6, 6.07) is 7.01. The van der Waals surface area contributed by atoms with E-state index in [1.165, 1.54) is 24.2 Å². The third-order valence-corrected chi connectivity index (χ3v) is 3.16. The van der Waals surface area contributed by atoms with Crippen molar-refractivity contribution in [2.24, 2.45) is 0 Å². The zero-order chi connectivity index (χ0) is 13.0. The third-order valence-electron chi connectivity index (χ3n) is 2.17. The molecule has 0 amide bonds. The molecular formula is C12H10N2O3S. The van der Waals surface area contributed by atoms with Crippen LogP contribution in [0.4, 0.5) is 0 Å². The van der Waals surface area contributed by atoms with Crippen molar-refractivity contribution < 1.29 is 9.90 Å². The highest BCUT2D eigenvalue weighted by Gasteiger charge is 2.04. The highest BCUT2D eigenvalue weighted by atomic mass is 32.2. The van der Waals surface area contributed by atoms with Gasteiger partial charge in [0.05, 0.1) is 6.42 Å². The van der Waals surface area contributed by atoms with Crippen LogP contribution < -0.4 is 5.56 Å². The molecular weight excluding hydrogens is 252 g/mol. The summed E-state index contributed by atoms with van der Waals surface area (Å²) in [5.74, 6) is -0.864. The number of rotatable bonds is 4. The maximum atomic E-state index is 11.4. The van der Waals surface area contributed by atoms with Crippen LogP contribution in [0.5, 0.6) is 0 Å². The number of carbonyl (C=O) groups is 1. The van der Waals surface area contributed by atoms with Crippen LogP contribution >= 0.6 is 11.8 Å². The zero-order valence-corrected chi connectivity index (χ0v) is 10.1. The van der Waals surface area contributed by atoms with E-state index in [2.05, 4.69) is 9.97 Å². The number of aromatic nitrogens is 2. The Hall–Kier alpha value is -2.08.